The molecule has 0 aliphatic rings. The van der Waals surface area contributed by atoms with Crippen LogP contribution in [0.15, 0.2) is 85.2 Å². The topological polar surface area (TPSA) is 89.1 Å². The van der Waals surface area contributed by atoms with E-state index < -0.39 is 0 Å². The van der Waals surface area contributed by atoms with E-state index >= 15 is 0 Å². The van der Waals surface area contributed by atoms with Gasteiger partial charge in [0, 0.05) is 24.5 Å². The Morgan fingerprint density at radius 3 is 2.53 bits per heavy atom. The Morgan fingerprint density at radius 1 is 1.00 bits per heavy atom. The maximum absolute atomic E-state index is 12.7. The zero-order chi connectivity index (χ0) is 21.9. The Labute approximate surface area is 184 Å². The van der Waals surface area contributed by atoms with Crippen molar-refractivity contribution in [1.82, 2.24) is 24.4 Å². The summed E-state index contributed by atoms with van der Waals surface area (Å²) in [5.74, 6) is 0.393. The summed E-state index contributed by atoms with van der Waals surface area (Å²) < 4.78 is 3.44. The van der Waals surface area contributed by atoms with E-state index in [-0.39, 0.29) is 5.91 Å². The van der Waals surface area contributed by atoms with Crippen molar-refractivity contribution < 1.29 is 4.79 Å². The third-order valence-electron chi connectivity index (χ3n) is 5.14. The molecule has 0 fully saturated rings. The van der Waals surface area contributed by atoms with Gasteiger partial charge in [-0.2, -0.15) is 10.2 Å². The first-order chi connectivity index (χ1) is 15.7. The second-order valence-corrected chi connectivity index (χ2v) is 7.32. The molecule has 3 heterocycles. The molecule has 0 atom stereocenters. The lowest BCUT2D eigenvalue weighted by Gasteiger charge is -2.07. The molecule has 0 spiro atoms. The van der Waals surface area contributed by atoms with E-state index in [1.54, 1.807) is 10.7 Å². The number of carbonyl (C=O) groups excluding carboxylic acids is 1. The third-order valence-corrected chi connectivity index (χ3v) is 5.14. The first-order valence-corrected chi connectivity index (χ1v) is 10.2. The Hall–Kier alpha value is -4.46. The van der Waals surface area contributed by atoms with Crippen molar-refractivity contribution in [1.29, 1.82) is 0 Å². The summed E-state index contributed by atoms with van der Waals surface area (Å²) in [6, 6.07) is 23.2. The second-order valence-electron chi connectivity index (χ2n) is 7.32. The van der Waals surface area contributed by atoms with Crippen LogP contribution in [0.4, 0.5) is 11.5 Å². The monoisotopic (exact) mass is 423 g/mol. The van der Waals surface area contributed by atoms with E-state index in [9.17, 15) is 4.79 Å². The van der Waals surface area contributed by atoms with E-state index in [0.29, 0.717) is 23.6 Å². The Balaban J connectivity index is 1.34. The van der Waals surface area contributed by atoms with Gasteiger partial charge >= 0.3 is 0 Å². The van der Waals surface area contributed by atoms with Crippen LogP contribution in [0, 0.1) is 0 Å². The van der Waals surface area contributed by atoms with E-state index in [0.717, 1.165) is 22.6 Å². The second kappa shape index (κ2) is 8.35. The average molecular weight is 423 g/mol. The lowest BCUT2D eigenvalue weighted by atomic mass is 10.1. The van der Waals surface area contributed by atoms with Gasteiger partial charge in [-0.05, 0) is 24.3 Å². The van der Waals surface area contributed by atoms with E-state index in [4.69, 9.17) is 0 Å². The minimum absolute atomic E-state index is 0.255. The molecule has 2 N–H and O–H groups in total. The van der Waals surface area contributed by atoms with Crippen LogP contribution in [0.2, 0.25) is 0 Å². The first kappa shape index (κ1) is 19.5. The molecule has 0 saturated heterocycles. The summed E-state index contributed by atoms with van der Waals surface area (Å²) in [6.45, 7) is 0.541. The fraction of sp³-hybridized carbons (Fsp3) is 0.0833. The van der Waals surface area contributed by atoms with Crippen LogP contribution in [0.3, 0.4) is 0 Å². The standard InChI is InChI=1S/C24H21N7O/c1-30-19(14-21(29-30)17-8-4-2-5-9-17)15-25-22-12-13-31-23(28-22)20(16-26-31)24(32)27-18-10-6-3-7-11-18/h2-14,16H,15H2,1H3,(H,25,28)(H,27,32). The average Bonchev–Trinajstić information content (AvgIpc) is 3.42. The van der Waals surface area contributed by atoms with Gasteiger partial charge in [0.15, 0.2) is 5.65 Å². The Morgan fingerprint density at radius 2 is 1.75 bits per heavy atom. The number of hydrogen-bond acceptors (Lipinski definition) is 5. The van der Waals surface area contributed by atoms with Crippen LogP contribution in [0.1, 0.15) is 16.1 Å². The smallest absolute Gasteiger partial charge is 0.261 e. The van der Waals surface area contributed by atoms with E-state index in [1.807, 2.05) is 78.5 Å². The fourth-order valence-corrected chi connectivity index (χ4v) is 3.45. The Bertz CT molecular complexity index is 1370. The maximum atomic E-state index is 12.7. The minimum atomic E-state index is -0.255. The summed E-state index contributed by atoms with van der Waals surface area (Å²) in [7, 11) is 1.92. The van der Waals surface area contributed by atoms with Gasteiger partial charge in [0.05, 0.1) is 24.1 Å². The number of aryl methyl sites for hydroxylation is 1. The first-order valence-electron chi connectivity index (χ1n) is 10.2. The SMILES string of the molecule is Cn1nc(-c2ccccc2)cc1CNc1ccn2ncc(C(=O)Nc3ccccc3)c2n1. The van der Waals surface area contributed by atoms with Gasteiger partial charge in [0.2, 0.25) is 0 Å². The van der Waals surface area contributed by atoms with Crippen LogP contribution < -0.4 is 10.6 Å². The molecule has 0 aliphatic carbocycles. The molecule has 8 nitrogen and oxygen atoms in total. The maximum Gasteiger partial charge on any atom is 0.261 e. The zero-order valence-electron chi connectivity index (χ0n) is 17.4. The third kappa shape index (κ3) is 3.93. The number of para-hydroxylation sites is 1. The van der Waals surface area contributed by atoms with Gasteiger partial charge in [0.1, 0.15) is 11.4 Å². The van der Waals surface area contributed by atoms with Gasteiger partial charge < -0.3 is 10.6 Å². The van der Waals surface area contributed by atoms with E-state index in [1.165, 1.54) is 6.20 Å². The summed E-state index contributed by atoms with van der Waals surface area (Å²) in [6.07, 6.45) is 3.31. The highest BCUT2D eigenvalue weighted by atomic mass is 16.1. The number of benzene rings is 2. The highest BCUT2D eigenvalue weighted by Crippen LogP contribution is 2.19. The van der Waals surface area contributed by atoms with Gasteiger partial charge in [-0.15, -0.1) is 0 Å². The fourth-order valence-electron chi connectivity index (χ4n) is 3.45. The number of fused-ring (bicyclic) bond motifs is 1. The molecule has 158 valence electrons. The highest BCUT2D eigenvalue weighted by molar-refractivity contribution is 6.08. The van der Waals surface area contributed by atoms with Crippen molar-refractivity contribution in [2.45, 2.75) is 6.54 Å². The summed E-state index contributed by atoms with van der Waals surface area (Å²) >= 11 is 0. The number of carbonyl (C=O) groups is 1. The van der Waals surface area contributed by atoms with Crippen LogP contribution >= 0.6 is 0 Å². The lowest BCUT2D eigenvalue weighted by Crippen LogP contribution is -2.12. The minimum Gasteiger partial charge on any atom is -0.364 e. The number of anilines is 2. The zero-order valence-corrected chi connectivity index (χ0v) is 17.4. The molecule has 5 rings (SSSR count). The predicted molar refractivity (Wildman–Crippen MR) is 123 cm³/mol. The molecule has 8 heteroatoms. The van der Waals surface area contributed by atoms with Crippen LogP contribution in [0.5, 0.6) is 0 Å². The van der Waals surface area contributed by atoms with Gasteiger partial charge in [-0.3, -0.25) is 9.48 Å². The summed E-state index contributed by atoms with van der Waals surface area (Å²) in [5.41, 5.74) is 4.62. The summed E-state index contributed by atoms with van der Waals surface area (Å²) in [5, 5.41) is 15.0. The molecule has 0 aliphatic heterocycles. The molecule has 0 radical (unpaired) electrons. The van der Waals surface area contributed by atoms with Crippen LogP contribution in [-0.4, -0.2) is 30.3 Å². The van der Waals surface area contributed by atoms with Gasteiger partial charge in [-0.25, -0.2) is 9.50 Å². The van der Waals surface area contributed by atoms with Gasteiger partial charge in [-0.1, -0.05) is 48.5 Å². The number of amides is 1. The predicted octanol–water partition coefficient (Wildman–Crippen LogP) is 3.99. The largest absolute Gasteiger partial charge is 0.364 e. The highest BCUT2D eigenvalue weighted by Gasteiger charge is 2.15. The quantitative estimate of drug-likeness (QED) is 0.431. The molecular weight excluding hydrogens is 402 g/mol. The summed E-state index contributed by atoms with van der Waals surface area (Å²) in [4.78, 5) is 17.3. The normalized spacial score (nSPS) is 10.9. The lowest BCUT2D eigenvalue weighted by molar-refractivity contribution is 0.102. The van der Waals surface area contributed by atoms with Crippen molar-refractivity contribution in [2.24, 2.45) is 7.05 Å². The number of nitrogens with zero attached hydrogens (tertiary/aromatic N) is 5. The molecule has 5 aromatic rings. The Kier molecular flexibility index (Phi) is 5.09. The number of hydrogen-bond donors (Lipinski definition) is 2. The molecule has 2 aromatic carbocycles. The molecule has 0 saturated carbocycles. The van der Waals surface area contributed by atoms with Crippen molar-refractivity contribution >= 4 is 23.1 Å². The molecule has 1 amide bonds. The molecular formula is C24H21N7O. The van der Waals surface area contributed by atoms with Crippen molar-refractivity contribution in [2.75, 3.05) is 10.6 Å². The molecule has 0 unspecified atom stereocenters. The van der Waals surface area contributed by atoms with Crippen molar-refractivity contribution in [3.05, 3.63) is 96.4 Å². The number of rotatable bonds is 6. The molecule has 0 bridgehead atoms. The van der Waals surface area contributed by atoms with Crippen LogP contribution in [-0.2, 0) is 13.6 Å². The van der Waals surface area contributed by atoms with Gasteiger partial charge in [0.25, 0.3) is 5.91 Å². The number of nitrogens with one attached hydrogen (secondary N) is 2. The van der Waals surface area contributed by atoms with E-state index in [2.05, 4.69) is 31.9 Å². The van der Waals surface area contributed by atoms with Crippen molar-refractivity contribution in [3.8, 4) is 11.3 Å². The van der Waals surface area contributed by atoms with Crippen LogP contribution in [0.25, 0.3) is 16.9 Å². The van der Waals surface area contributed by atoms with Crippen molar-refractivity contribution in [3.63, 3.8) is 0 Å². The molecule has 3 aromatic heterocycles. The number of aromatic nitrogens is 5. The molecule has 32 heavy (non-hydrogen) atoms.